The van der Waals surface area contributed by atoms with E-state index in [0.717, 1.165) is 30.6 Å². The molecule has 1 saturated carbocycles. The van der Waals surface area contributed by atoms with E-state index >= 15 is 0 Å². The zero-order chi connectivity index (χ0) is 14.7. The Hall–Kier alpha value is -0.680. The van der Waals surface area contributed by atoms with E-state index in [1.165, 1.54) is 0 Å². The number of nitrogens with two attached hydrogens (primary N) is 1. The Morgan fingerprint density at radius 3 is 2.64 bits per heavy atom. The number of hydrogen-bond acceptors (Lipinski definition) is 3. The first-order valence-electron chi connectivity index (χ1n) is 7.00. The lowest BCUT2D eigenvalue weighted by molar-refractivity contribution is -0.120. The van der Waals surface area contributed by atoms with Crippen LogP contribution in [0.3, 0.4) is 0 Å². The number of carbonyl (C=O) groups is 1. The van der Waals surface area contributed by atoms with Crippen molar-refractivity contribution in [3.8, 4) is 0 Å². The van der Waals surface area contributed by atoms with Crippen LogP contribution in [0, 0.1) is 11.8 Å². The van der Waals surface area contributed by atoms with Crippen LogP contribution in [0.25, 0.3) is 0 Å². The van der Waals surface area contributed by atoms with E-state index in [0.29, 0.717) is 17.5 Å². The highest BCUT2D eigenvalue weighted by atomic mass is 35.5. The van der Waals surface area contributed by atoms with Crippen LogP contribution in [-0.2, 0) is 4.79 Å². The van der Waals surface area contributed by atoms with Gasteiger partial charge in [-0.1, -0.05) is 18.0 Å². The third-order valence-corrected chi connectivity index (χ3v) is 4.23. The van der Waals surface area contributed by atoms with Crippen molar-refractivity contribution in [2.75, 3.05) is 30.9 Å². The van der Waals surface area contributed by atoms with Gasteiger partial charge in [0.05, 0.1) is 11.4 Å². The molecular weight excluding hydrogens is 345 g/mol. The Morgan fingerprint density at radius 1 is 1.36 bits per heavy atom. The van der Waals surface area contributed by atoms with Crippen LogP contribution in [-0.4, -0.2) is 26.5 Å². The Balaban J connectivity index is 0.00000220. The molecule has 0 aliphatic heterocycles. The molecule has 4 nitrogen and oxygen atoms in total. The van der Waals surface area contributed by atoms with Gasteiger partial charge in [0.15, 0.2) is 0 Å². The highest BCUT2D eigenvalue weighted by Gasteiger charge is 2.32. The molecule has 1 aromatic rings. The summed E-state index contributed by atoms with van der Waals surface area (Å²) in [7, 11) is 3.88. The monoisotopic (exact) mass is 367 g/mol. The molecule has 1 aromatic carbocycles. The minimum atomic E-state index is 0. The van der Waals surface area contributed by atoms with Crippen LogP contribution in [0.4, 0.5) is 11.4 Å². The number of anilines is 2. The lowest BCUT2D eigenvalue weighted by Gasteiger charge is -2.21. The normalized spacial score (nSPS) is 19.8. The van der Waals surface area contributed by atoms with Crippen molar-refractivity contribution in [1.82, 2.24) is 0 Å². The Morgan fingerprint density at radius 2 is 2.05 bits per heavy atom. The lowest BCUT2D eigenvalue weighted by atomic mass is 9.95. The van der Waals surface area contributed by atoms with Crippen molar-refractivity contribution < 1.29 is 4.79 Å². The number of rotatable bonds is 4. The molecule has 1 aliphatic carbocycles. The van der Waals surface area contributed by atoms with Gasteiger partial charge in [0.1, 0.15) is 0 Å². The summed E-state index contributed by atoms with van der Waals surface area (Å²) in [5.74, 6) is 0.384. The van der Waals surface area contributed by atoms with Crippen LogP contribution in [0.5, 0.6) is 0 Å². The largest absolute Gasteiger partial charge is 0.376 e. The molecule has 1 amide bonds. The molecule has 0 unspecified atom stereocenters. The van der Waals surface area contributed by atoms with Gasteiger partial charge in [0.2, 0.25) is 5.91 Å². The number of carbonyl (C=O) groups excluding carboxylic acids is 1. The van der Waals surface area contributed by atoms with E-state index in [-0.39, 0.29) is 36.6 Å². The first-order valence-corrected chi connectivity index (χ1v) is 7.38. The van der Waals surface area contributed by atoms with E-state index in [1.807, 2.05) is 31.1 Å². The summed E-state index contributed by atoms with van der Waals surface area (Å²) >= 11 is 6.03. The second kappa shape index (κ2) is 9.46. The Kier molecular flexibility index (Phi) is 9.16. The molecule has 1 fully saturated rings. The van der Waals surface area contributed by atoms with Crippen LogP contribution in [0.1, 0.15) is 19.3 Å². The van der Waals surface area contributed by atoms with Crippen molar-refractivity contribution in [3.63, 3.8) is 0 Å². The molecular formula is C15H24Cl3N3O. The maximum Gasteiger partial charge on any atom is 0.227 e. The number of hydrogen-bond donors (Lipinski definition) is 2. The molecule has 1 aliphatic rings. The molecule has 0 spiro atoms. The molecule has 2 rings (SSSR count). The summed E-state index contributed by atoms with van der Waals surface area (Å²) in [6.07, 6.45) is 3.05. The van der Waals surface area contributed by atoms with Crippen molar-refractivity contribution in [2.24, 2.45) is 17.6 Å². The third-order valence-electron chi connectivity index (χ3n) is 4.00. The Bertz CT molecular complexity index is 497. The summed E-state index contributed by atoms with van der Waals surface area (Å²) in [5, 5.41) is 3.64. The third kappa shape index (κ3) is 4.92. The van der Waals surface area contributed by atoms with E-state index in [4.69, 9.17) is 17.3 Å². The SMILES string of the molecule is CN(C)c1ccc(Cl)cc1NC(=O)[C@@H]1CCC[C@@H]1CN.Cl.Cl. The predicted molar refractivity (Wildman–Crippen MR) is 98.8 cm³/mol. The van der Waals surface area contributed by atoms with Gasteiger partial charge in [0.25, 0.3) is 0 Å². The number of halogens is 3. The zero-order valence-corrected chi connectivity index (χ0v) is 15.2. The second-order valence-corrected chi connectivity index (χ2v) is 6.01. The lowest BCUT2D eigenvalue weighted by Crippen LogP contribution is -2.30. The number of nitrogens with zero attached hydrogens (tertiary/aromatic N) is 1. The molecule has 22 heavy (non-hydrogen) atoms. The van der Waals surface area contributed by atoms with E-state index in [9.17, 15) is 4.79 Å². The maximum atomic E-state index is 12.4. The van der Waals surface area contributed by atoms with E-state index in [1.54, 1.807) is 6.07 Å². The minimum Gasteiger partial charge on any atom is -0.376 e. The van der Waals surface area contributed by atoms with Crippen molar-refractivity contribution in [1.29, 1.82) is 0 Å². The van der Waals surface area contributed by atoms with Crippen LogP contribution in [0.15, 0.2) is 18.2 Å². The van der Waals surface area contributed by atoms with Gasteiger partial charge >= 0.3 is 0 Å². The minimum absolute atomic E-state index is 0. The van der Waals surface area contributed by atoms with Crippen LogP contribution >= 0.6 is 36.4 Å². The van der Waals surface area contributed by atoms with Gasteiger partial charge in [-0.3, -0.25) is 4.79 Å². The first-order chi connectivity index (χ1) is 9.52. The van der Waals surface area contributed by atoms with Gasteiger partial charge in [0, 0.05) is 25.0 Å². The summed E-state index contributed by atoms with van der Waals surface area (Å²) < 4.78 is 0. The van der Waals surface area contributed by atoms with Crippen LogP contribution < -0.4 is 16.0 Å². The van der Waals surface area contributed by atoms with Gasteiger partial charge in [-0.05, 0) is 43.5 Å². The number of nitrogens with one attached hydrogen (secondary N) is 1. The number of benzene rings is 1. The van der Waals surface area contributed by atoms with Gasteiger partial charge < -0.3 is 16.0 Å². The average molecular weight is 369 g/mol. The van der Waals surface area contributed by atoms with E-state index < -0.39 is 0 Å². The zero-order valence-electron chi connectivity index (χ0n) is 12.8. The standard InChI is InChI=1S/C15H22ClN3O.2ClH/c1-19(2)14-7-6-11(16)8-13(14)18-15(20)12-5-3-4-10(12)9-17;;/h6-8,10,12H,3-5,9,17H2,1-2H3,(H,18,20);2*1H/t10-,12-;;/m1../s1. The van der Waals surface area contributed by atoms with E-state index in [2.05, 4.69) is 5.32 Å². The van der Waals surface area contributed by atoms with Gasteiger partial charge in [-0.25, -0.2) is 0 Å². The molecule has 0 aromatic heterocycles. The highest BCUT2D eigenvalue weighted by Crippen LogP contribution is 2.34. The smallest absolute Gasteiger partial charge is 0.227 e. The molecule has 0 saturated heterocycles. The van der Waals surface area contributed by atoms with Crippen molar-refractivity contribution in [3.05, 3.63) is 23.2 Å². The molecule has 7 heteroatoms. The fourth-order valence-corrected chi connectivity index (χ4v) is 3.06. The molecule has 0 heterocycles. The fraction of sp³-hybridized carbons (Fsp3) is 0.533. The summed E-state index contributed by atoms with van der Waals surface area (Å²) in [4.78, 5) is 14.4. The maximum absolute atomic E-state index is 12.4. The second-order valence-electron chi connectivity index (χ2n) is 5.58. The van der Waals surface area contributed by atoms with Gasteiger partial charge in [-0.15, -0.1) is 24.8 Å². The Labute approximate surface area is 149 Å². The fourth-order valence-electron chi connectivity index (χ4n) is 2.89. The summed E-state index contributed by atoms with van der Waals surface area (Å²) in [5.41, 5.74) is 7.46. The number of amides is 1. The van der Waals surface area contributed by atoms with Crippen molar-refractivity contribution >= 4 is 53.7 Å². The summed E-state index contributed by atoms with van der Waals surface area (Å²) in [6.45, 7) is 0.578. The first kappa shape index (κ1) is 21.3. The molecule has 3 N–H and O–H groups in total. The predicted octanol–water partition coefficient (Wildman–Crippen LogP) is 3.56. The van der Waals surface area contributed by atoms with Crippen LogP contribution in [0.2, 0.25) is 5.02 Å². The highest BCUT2D eigenvalue weighted by molar-refractivity contribution is 6.31. The molecule has 126 valence electrons. The summed E-state index contributed by atoms with van der Waals surface area (Å²) in [6, 6.07) is 5.53. The van der Waals surface area contributed by atoms with Crippen molar-refractivity contribution in [2.45, 2.75) is 19.3 Å². The average Bonchev–Trinajstić information content (AvgIpc) is 2.86. The molecule has 0 bridgehead atoms. The topological polar surface area (TPSA) is 58.4 Å². The molecule has 2 atom stereocenters. The van der Waals surface area contributed by atoms with Gasteiger partial charge in [-0.2, -0.15) is 0 Å². The molecule has 0 radical (unpaired) electrons. The quantitative estimate of drug-likeness (QED) is 0.854.